The van der Waals surface area contributed by atoms with Crippen LogP contribution in [0.3, 0.4) is 0 Å². The number of carboxylic acid groups (broad SMARTS) is 2. The van der Waals surface area contributed by atoms with E-state index in [1.54, 1.807) is 10.6 Å². The van der Waals surface area contributed by atoms with Gasteiger partial charge in [0.2, 0.25) is 0 Å². The molecule has 324 valence electrons. The highest BCUT2D eigenvalue weighted by molar-refractivity contribution is 5.65. The topological polar surface area (TPSA) is 98.7 Å². The molecular formula is C27H28F22N2O4. The number of nitrogens with one attached hydrogen (secondary N) is 2. The van der Waals surface area contributed by atoms with Crippen LogP contribution < -0.4 is 10.6 Å². The third-order valence-corrected chi connectivity index (χ3v) is 10.0. The van der Waals surface area contributed by atoms with Crippen molar-refractivity contribution < 1.29 is 116 Å². The summed E-state index contributed by atoms with van der Waals surface area (Å²) in [4.78, 5) is 22.1. The fourth-order valence-electron chi connectivity index (χ4n) is 7.21. The number of alkyl halides is 22. The quantitative estimate of drug-likeness (QED) is 0.131. The fraction of sp³-hybridized carbons (Fsp3) is 0.926. The maximum atomic E-state index is 15.6. The molecule has 0 bridgehead atoms. The zero-order chi connectivity index (χ0) is 43.4. The van der Waals surface area contributed by atoms with Gasteiger partial charge >= 0.3 is 71.9 Å². The van der Waals surface area contributed by atoms with Crippen LogP contribution in [0.5, 0.6) is 0 Å². The van der Waals surface area contributed by atoms with Crippen molar-refractivity contribution in [1.29, 1.82) is 0 Å². The first-order valence-electron chi connectivity index (χ1n) is 15.3. The van der Waals surface area contributed by atoms with E-state index in [1.165, 1.54) is 0 Å². The zero-order valence-electron chi connectivity index (χ0n) is 26.9. The number of hydrogen-bond acceptors (Lipinski definition) is 2. The first kappa shape index (κ1) is 48.1. The Labute approximate surface area is 293 Å². The minimum Gasteiger partial charge on any atom is -0.465 e. The maximum Gasteiger partial charge on any atom is 0.460 e. The predicted octanol–water partition coefficient (Wildman–Crippen LogP) is 10.6. The second kappa shape index (κ2) is 14.7. The van der Waals surface area contributed by atoms with Crippen LogP contribution in [0.4, 0.5) is 106 Å². The summed E-state index contributed by atoms with van der Waals surface area (Å²) >= 11 is 0. The van der Waals surface area contributed by atoms with Crippen LogP contribution in [-0.2, 0) is 0 Å². The Kier molecular flexibility index (Phi) is 12.9. The zero-order valence-corrected chi connectivity index (χ0v) is 26.9. The molecular weight excluding hydrogens is 834 g/mol. The van der Waals surface area contributed by atoms with Gasteiger partial charge in [-0.2, -0.15) is 96.6 Å². The predicted molar refractivity (Wildman–Crippen MR) is 137 cm³/mol. The lowest BCUT2D eigenvalue weighted by Crippen LogP contribution is -2.69. The number of rotatable bonds is 14. The highest BCUT2D eigenvalue weighted by atomic mass is 19.4. The molecule has 28 heteroatoms. The summed E-state index contributed by atoms with van der Waals surface area (Å²) in [5.41, 5.74) is -4.21. The molecule has 2 amide bonds. The summed E-state index contributed by atoms with van der Waals surface area (Å²) < 4.78 is 311. The molecule has 2 aliphatic carbocycles. The summed E-state index contributed by atoms with van der Waals surface area (Å²) in [5, 5.41) is 21.3. The number of amides is 2. The smallest absolute Gasteiger partial charge is 0.460 e. The van der Waals surface area contributed by atoms with Crippen LogP contribution in [0.2, 0.25) is 0 Å². The third-order valence-electron chi connectivity index (χ3n) is 10.0. The molecule has 6 nitrogen and oxygen atoms in total. The monoisotopic (exact) mass is 862 g/mol. The number of hydrogen-bond donors (Lipinski definition) is 4. The van der Waals surface area contributed by atoms with Crippen LogP contribution in [0.1, 0.15) is 64.2 Å². The minimum absolute atomic E-state index is 0.830. The van der Waals surface area contributed by atoms with Crippen LogP contribution in [-0.4, -0.2) is 94.2 Å². The van der Waals surface area contributed by atoms with Crippen molar-refractivity contribution >= 4 is 12.2 Å². The van der Waals surface area contributed by atoms with Crippen molar-refractivity contribution in [3.8, 4) is 0 Å². The van der Waals surface area contributed by atoms with Crippen molar-refractivity contribution in [1.82, 2.24) is 10.6 Å². The Morgan fingerprint density at radius 2 is 0.636 bits per heavy atom. The summed E-state index contributed by atoms with van der Waals surface area (Å²) in [6, 6.07) is -2.73. The molecule has 0 atom stereocenters. The normalized spacial score (nSPS) is 23.7. The second-order valence-electron chi connectivity index (χ2n) is 13.4. The molecule has 2 saturated carbocycles. The lowest BCUT2D eigenvalue weighted by Gasteiger charge is -2.54. The van der Waals surface area contributed by atoms with E-state index in [2.05, 4.69) is 0 Å². The summed E-state index contributed by atoms with van der Waals surface area (Å²) in [7, 11) is 0. The first-order chi connectivity index (χ1) is 24.2. The standard InChI is InChI=1S/C27H28F22N2O4/c28-18(29,20(32,33)22(36,37)24(40,41)26(44,45)46)9-17(11-1-5-13(6-2-11)50-15(52)53,12-3-7-14(8-4-12)51-16(54)55)10-19(30,31)21(34,35)23(38,39)25(42,43)27(47,48)49/h11-14,50-51H,1-10H2,(H,52,53)(H,54,55). The largest absolute Gasteiger partial charge is 0.465 e. The van der Waals surface area contributed by atoms with Gasteiger partial charge in [0.25, 0.3) is 0 Å². The minimum atomic E-state index is -8.24. The fourth-order valence-corrected chi connectivity index (χ4v) is 7.21. The molecule has 2 rings (SSSR count). The average Bonchev–Trinajstić information content (AvgIpc) is 2.98. The van der Waals surface area contributed by atoms with E-state index in [9.17, 15) is 88.6 Å². The molecule has 2 fully saturated rings. The van der Waals surface area contributed by atoms with Crippen LogP contribution in [0.15, 0.2) is 0 Å². The Morgan fingerprint density at radius 1 is 0.400 bits per heavy atom. The maximum absolute atomic E-state index is 15.6. The number of halogens is 22. The molecule has 0 aliphatic heterocycles. The van der Waals surface area contributed by atoms with Gasteiger partial charge in [-0.25, -0.2) is 9.59 Å². The molecule has 0 saturated heterocycles. The van der Waals surface area contributed by atoms with E-state index < -0.39 is 165 Å². The molecule has 2 aliphatic rings. The van der Waals surface area contributed by atoms with Gasteiger partial charge in [-0.05, 0) is 68.6 Å². The van der Waals surface area contributed by atoms with Gasteiger partial charge in [-0.3, -0.25) is 0 Å². The summed E-state index contributed by atoms with van der Waals surface area (Å²) in [6.07, 6.45) is -34.5. The SMILES string of the molecule is O=C(O)NC1CCC(C(CC(F)(F)C(F)(F)C(F)(F)C(F)(F)C(F)(F)F)(CC(F)(F)C(F)(F)C(F)(F)C(F)(F)C(F)(F)F)C2CCC(NC(=O)O)CC2)CC1. The van der Waals surface area contributed by atoms with Crippen molar-refractivity contribution in [3.63, 3.8) is 0 Å². The van der Waals surface area contributed by atoms with Crippen LogP contribution in [0.25, 0.3) is 0 Å². The molecule has 0 unspecified atom stereocenters. The molecule has 0 heterocycles. The van der Waals surface area contributed by atoms with Crippen molar-refractivity contribution in [2.75, 3.05) is 0 Å². The van der Waals surface area contributed by atoms with Gasteiger partial charge in [0.05, 0.1) is 0 Å². The Balaban J connectivity index is 2.98. The van der Waals surface area contributed by atoms with Crippen molar-refractivity contribution in [3.05, 3.63) is 0 Å². The molecule has 4 N–H and O–H groups in total. The molecule has 0 aromatic heterocycles. The van der Waals surface area contributed by atoms with E-state index in [-0.39, 0.29) is 0 Å². The van der Waals surface area contributed by atoms with E-state index in [0.29, 0.717) is 0 Å². The van der Waals surface area contributed by atoms with E-state index in [1.807, 2.05) is 0 Å². The Hall–Kier alpha value is -3.00. The highest BCUT2D eigenvalue weighted by Crippen LogP contribution is 2.66. The molecule has 0 aromatic rings. The van der Waals surface area contributed by atoms with Gasteiger partial charge in [-0.1, -0.05) is 0 Å². The molecule has 0 radical (unpaired) electrons. The number of carbonyl (C=O) groups is 2. The highest BCUT2D eigenvalue weighted by Gasteiger charge is 2.89. The van der Waals surface area contributed by atoms with Crippen molar-refractivity contribution in [2.24, 2.45) is 17.3 Å². The molecule has 55 heavy (non-hydrogen) atoms. The lowest BCUT2D eigenvalue weighted by atomic mass is 9.53. The summed E-state index contributed by atoms with van der Waals surface area (Å²) in [5.74, 6) is -68.2. The van der Waals surface area contributed by atoms with Gasteiger partial charge in [0.1, 0.15) is 0 Å². The second-order valence-corrected chi connectivity index (χ2v) is 13.4. The third kappa shape index (κ3) is 8.36. The van der Waals surface area contributed by atoms with E-state index >= 15 is 17.6 Å². The Bertz CT molecular complexity index is 1260. The van der Waals surface area contributed by atoms with E-state index in [0.717, 1.165) is 0 Å². The first-order valence-corrected chi connectivity index (χ1v) is 15.3. The molecule has 0 aromatic carbocycles. The Morgan fingerprint density at radius 3 is 0.836 bits per heavy atom. The van der Waals surface area contributed by atoms with Crippen molar-refractivity contribution in [2.45, 2.75) is 136 Å². The van der Waals surface area contributed by atoms with Gasteiger partial charge in [0, 0.05) is 24.9 Å². The summed E-state index contributed by atoms with van der Waals surface area (Å²) in [6.45, 7) is 0. The van der Waals surface area contributed by atoms with Crippen LogP contribution in [0, 0.1) is 17.3 Å². The lowest BCUT2D eigenvalue weighted by molar-refractivity contribution is -0.430. The van der Waals surface area contributed by atoms with Gasteiger partial charge in [-0.15, -0.1) is 0 Å². The molecule has 0 spiro atoms. The van der Waals surface area contributed by atoms with Crippen LogP contribution >= 0.6 is 0 Å². The van der Waals surface area contributed by atoms with Gasteiger partial charge < -0.3 is 20.8 Å². The van der Waals surface area contributed by atoms with E-state index in [4.69, 9.17) is 10.2 Å². The van der Waals surface area contributed by atoms with Gasteiger partial charge in [0.15, 0.2) is 0 Å². The average molecular weight is 862 g/mol.